The maximum atomic E-state index is 11.7. The normalized spacial score (nSPS) is 23.9. The van der Waals surface area contributed by atoms with Crippen LogP contribution in [0.3, 0.4) is 0 Å². The molecule has 1 aromatic rings. The van der Waals surface area contributed by atoms with Crippen LogP contribution in [0.25, 0.3) is 0 Å². The molecule has 4 nitrogen and oxygen atoms in total. The molecule has 2 rings (SSSR count). The van der Waals surface area contributed by atoms with E-state index in [0.717, 1.165) is 5.56 Å². The van der Waals surface area contributed by atoms with Gasteiger partial charge in [0.1, 0.15) is 0 Å². The van der Waals surface area contributed by atoms with E-state index in [1.807, 2.05) is 6.07 Å². The van der Waals surface area contributed by atoms with Gasteiger partial charge in [0.05, 0.1) is 12.9 Å². The Hall–Kier alpha value is -1.29. The summed E-state index contributed by atoms with van der Waals surface area (Å²) in [4.78, 5) is 11.7. The highest BCUT2D eigenvalue weighted by Crippen LogP contribution is 2.37. The van der Waals surface area contributed by atoms with Crippen molar-refractivity contribution in [3.05, 3.63) is 23.7 Å². The highest BCUT2D eigenvalue weighted by atomic mass is 16.3. The number of carbonyl (C=O) groups excluding carboxylic acids is 1. The van der Waals surface area contributed by atoms with E-state index in [-0.39, 0.29) is 19.1 Å². The van der Waals surface area contributed by atoms with Crippen LogP contribution in [0.15, 0.2) is 16.7 Å². The largest absolute Gasteiger partial charge is 0.459 e. The first-order chi connectivity index (χ1) is 8.72. The third kappa shape index (κ3) is 2.93. The number of furan rings is 1. The fourth-order valence-corrected chi connectivity index (χ4v) is 2.73. The lowest BCUT2D eigenvalue weighted by molar-refractivity contribution is 0.0917. The smallest absolute Gasteiger partial charge is 0.287 e. The fourth-order valence-electron chi connectivity index (χ4n) is 2.73. The second-order valence-corrected chi connectivity index (χ2v) is 5.09. The van der Waals surface area contributed by atoms with Crippen LogP contribution >= 0.6 is 0 Å². The molecular weight excluding hydrogens is 230 g/mol. The predicted molar refractivity (Wildman–Crippen MR) is 68.5 cm³/mol. The van der Waals surface area contributed by atoms with Crippen molar-refractivity contribution in [3.8, 4) is 0 Å². The maximum absolute atomic E-state index is 11.7. The number of carbonyl (C=O) groups is 1. The summed E-state index contributed by atoms with van der Waals surface area (Å²) in [7, 11) is 0. The molecule has 2 unspecified atom stereocenters. The van der Waals surface area contributed by atoms with E-state index in [0.29, 0.717) is 17.6 Å². The molecule has 1 fully saturated rings. The van der Waals surface area contributed by atoms with Crippen molar-refractivity contribution in [2.75, 3.05) is 13.2 Å². The monoisotopic (exact) mass is 251 g/mol. The Balaban J connectivity index is 2.02. The van der Waals surface area contributed by atoms with Crippen LogP contribution in [-0.2, 0) is 0 Å². The molecule has 1 aliphatic rings. The summed E-state index contributed by atoms with van der Waals surface area (Å²) in [6.45, 7) is 2.47. The Labute approximate surface area is 107 Å². The number of nitrogens with one attached hydrogen (secondary N) is 1. The van der Waals surface area contributed by atoms with Crippen molar-refractivity contribution in [3.63, 3.8) is 0 Å². The molecule has 0 aromatic carbocycles. The molecule has 100 valence electrons. The minimum Gasteiger partial charge on any atom is -0.459 e. The molecule has 1 amide bonds. The minimum atomic E-state index is -0.251. The Morgan fingerprint density at radius 3 is 3.00 bits per heavy atom. The van der Waals surface area contributed by atoms with E-state index in [4.69, 9.17) is 9.52 Å². The van der Waals surface area contributed by atoms with Crippen LogP contribution in [0, 0.1) is 5.92 Å². The van der Waals surface area contributed by atoms with Gasteiger partial charge in [0.2, 0.25) is 0 Å². The SMILES string of the molecule is CC1CCCCC1c1coc(C(=O)NCCO)c1. The quantitative estimate of drug-likeness (QED) is 0.863. The van der Waals surface area contributed by atoms with Crippen molar-refractivity contribution in [2.45, 2.75) is 38.5 Å². The predicted octanol–water partition coefficient (Wildman–Crippen LogP) is 2.30. The van der Waals surface area contributed by atoms with Crippen LogP contribution in [0.4, 0.5) is 0 Å². The van der Waals surface area contributed by atoms with Crippen LogP contribution in [-0.4, -0.2) is 24.2 Å². The highest BCUT2D eigenvalue weighted by molar-refractivity contribution is 5.91. The summed E-state index contributed by atoms with van der Waals surface area (Å²) in [6, 6.07) is 1.85. The molecule has 0 aliphatic heterocycles. The first-order valence-corrected chi connectivity index (χ1v) is 6.70. The van der Waals surface area contributed by atoms with Crippen molar-refractivity contribution < 1.29 is 14.3 Å². The van der Waals surface area contributed by atoms with Gasteiger partial charge >= 0.3 is 0 Å². The van der Waals surface area contributed by atoms with Crippen LogP contribution in [0.2, 0.25) is 0 Å². The van der Waals surface area contributed by atoms with Crippen LogP contribution in [0.1, 0.15) is 54.6 Å². The van der Waals surface area contributed by atoms with E-state index in [2.05, 4.69) is 12.2 Å². The van der Waals surface area contributed by atoms with Gasteiger partial charge < -0.3 is 14.8 Å². The molecule has 18 heavy (non-hydrogen) atoms. The first kappa shape index (κ1) is 13.1. The van der Waals surface area contributed by atoms with Gasteiger partial charge in [-0.1, -0.05) is 26.2 Å². The number of hydrogen-bond donors (Lipinski definition) is 2. The number of hydrogen-bond acceptors (Lipinski definition) is 3. The molecule has 0 saturated heterocycles. The van der Waals surface area contributed by atoms with Crippen molar-refractivity contribution in [1.29, 1.82) is 0 Å². The first-order valence-electron chi connectivity index (χ1n) is 6.70. The Morgan fingerprint density at radius 1 is 1.50 bits per heavy atom. The summed E-state index contributed by atoms with van der Waals surface area (Å²) in [5.74, 6) is 1.27. The molecule has 2 atom stereocenters. The third-order valence-electron chi connectivity index (χ3n) is 3.78. The molecule has 1 saturated carbocycles. The summed E-state index contributed by atoms with van der Waals surface area (Å²) in [6.07, 6.45) is 6.70. The van der Waals surface area contributed by atoms with Gasteiger partial charge in [0.25, 0.3) is 5.91 Å². The lowest BCUT2D eigenvalue weighted by Gasteiger charge is -2.27. The van der Waals surface area contributed by atoms with E-state index < -0.39 is 0 Å². The number of aliphatic hydroxyl groups excluding tert-OH is 1. The average Bonchev–Trinajstić information content (AvgIpc) is 2.86. The Bertz CT molecular complexity index is 399. The van der Waals surface area contributed by atoms with E-state index in [9.17, 15) is 4.79 Å². The summed E-state index contributed by atoms with van der Waals surface area (Å²) in [5.41, 5.74) is 1.14. The van der Waals surface area contributed by atoms with E-state index in [1.54, 1.807) is 6.26 Å². The topological polar surface area (TPSA) is 62.5 Å². The van der Waals surface area contributed by atoms with Gasteiger partial charge in [0, 0.05) is 6.54 Å². The summed E-state index contributed by atoms with van der Waals surface area (Å²) < 4.78 is 5.33. The number of amides is 1. The molecule has 0 bridgehead atoms. The standard InChI is InChI=1S/C14H21NO3/c1-10-4-2-3-5-12(10)11-8-13(18-9-11)14(17)15-6-7-16/h8-10,12,16H,2-7H2,1H3,(H,15,17). The zero-order valence-corrected chi connectivity index (χ0v) is 10.8. The number of aliphatic hydroxyl groups is 1. The van der Waals surface area contributed by atoms with E-state index >= 15 is 0 Å². The van der Waals surface area contributed by atoms with Crippen LogP contribution < -0.4 is 5.32 Å². The zero-order valence-electron chi connectivity index (χ0n) is 10.8. The van der Waals surface area contributed by atoms with Gasteiger partial charge in [0.15, 0.2) is 5.76 Å². The molecule has 1 aliphatic carbocycles. The van der Waals surface area contributed by atoms with Gasteiger partial charge in [-0.3, -0.25) is 4.79 Å². The molecule has 1 aromatic heterocycles. The van der Waals surface area contributed by atoms with Gasteiger partial charge in [-0.15, -0.1) is 0 Å². The molecule has 2 N–H and O–H groups in total. The Kier molecular flexibility index (Phi) is 4.42. The Morgan fingerprint density at radius 2 is 2.28 bits per heavy atom. The van der Waals surface area contributed by atoms with Crippen molar-refractivity contribution in [1.82, 2.24) is 5.32 Å². The molecule has 0 radical (unpaired) electrons. The lowest BCUT2D eigenvalue weighted by atomic mass is 9.77. The van der Waals surface area contributed by atoms with E-state index in [1.165, 1.54) is 25.7 Å². The summed E-state index contributed by atoms with van der Waals surface area (Å²) >= 11 is 0. The zero-order chi connectivity index (χ0) is 13.0. The molecular formula is C14H21NO3. The van der Waals surface area contributed by atoms with Gasteiger partial charge in [-0.25, -0.2) is 0 Å². The average molecular weight is 251 g/mol. The number of rotatable bonds is 4. The second kappa shape index (κ2) is 6.05. The van der Waals surface area contributed by atoms with Crippen molar-refractivity contribution in [2.24, 2.45) is 5.92 Å². The third-order valence-corrected chi connectivity index (χ3v) is 3.78. The second-order valence-electron chi connectivity index (χ2n) is 5.09. The molecule has 4 heteroatoms. The van der Waals surface area contributed by atoms with Gasteiger partial charge in [-0.05, 0) is 29.9 Å². The summed E-state index contributed by atoms with van der Waals surface area (Å²) in [5, 5.41) is 11.3. The highest BCUT2D eigenvalue weighted by Gasteiger charge is 2.25. The minimum absolute atomic E-state index is 0.0566. The maximum Gasteiger partial charge on any atom is 0.287 e. The molecule has 1 heterocycles. The molecule has 0 spiro atoms. The van der Waals surface area contributed by atoms with Crippen molar-refractivity contribution >= 4 is 5.91 Å². The fraction of sp³-hybridized carbons (Fsp3) is 0.643. The van der Waals surface area contributed by atoms with Crippen LogP contribution in [0.5, 0.6) is 0 Å². The lowest BCUT2D eigenvalue weighted by Crippen LogP contribution is -2.25. The van der Waals surface area contributed by atoms with Gasteiger partial charge in [-0.2, -0.15) is 0 Å².